The Balaban J connectivity index is 2.44. The SMILES string of the molecule is COc1cc(CCCNC=O)c(Cc2cc(OC)c(OC)cc2CCCNC=O)cc1OC. The molecule has 2 N–H and O–H groups in total. The fourth-order valence-electron chi connectivity index (χ4n) is 3.81. The van der Waals surface area contributed by atoms with Gasteiger partial charge in [-0.3, -0.25) is 9.59 Å². The number of hydrogen-bond acceptors (Lipinski definition) is 6. The van der Waals surface area contributed by atoms with Crippen LogP contribution in [0.5, 0.6) is 23.0 Å². The van der Waals surface area contributed by atoms with Crippen LogP contribution in [-0.4, -0.2) is 54.3 Å². The van der Waals surface area contributed by atoms with Crippen molar-refractivity contribution in [2.45, 2.75) is 32.1 Å². The van der Waals surface area contributed by atoms with Gasteiger partial charge in [0.1, 0.15) is 0 Å². The normalized spacial score (nSPS) is 10.3. The van der Waals surface area contributed by atoms with Gasteiger partial charge in [-0.15, -0.1) is 0 Å². The van der Waals surface area contributed by atoms with E-state index in [1.165, 1.54) is 0 Å². The largest absolute Gasteiger partial charge is 0.493 e. The van der Waals surface area contributed by atoms with Gasteiger partial charge >= 0.3 is 0 Å². The summed E-state index contributed by atoms with van der Waals surface area (Å²) in [4.78, 5) is 21.2. The molecule has 0 saturated heterocycles. The summed E-state index contributed by atoms with van der Waals surface area (Å²) in [6.45, 7) is 1.20. The lowest BCUT2D eigenvalue weighted by atomic mass is 9.92. The van der Waals surface area contributed by atoms with Gasteiger partial charge in [-0.05, 0) is 78.6 Å². The molecular weight excluding hydrogens is 424 g/mol. The number of nitrogens with one attached hydrogen (secondary N) is 2. The van der Waals surface area contributed by atoms with Crippen molar-refractivity contribution < 1.29 is 28.5 Å². The Hall–Kier alpha value is -3.42. The van der Waals surface area contributed by atoms with Crippen molar-refractivity contribution in [3.63, 3.8) is 0 Å². The van der Waals surface area contributed by atoms with Gasteiger partial charge in [0.25, 0.3) is 0 Å². The molecule has 2 aromatic carbocycles. The first-order valence-corrected chi connectivity index (χ1v) is 10.9. The second-order valence-corrected chi connectivity index (χ2v) is 7.48. The van der Waals surface area contributed by atoms with Crippen molar-refractivity contribution in [1.82, 2.24) is 10.6 Å². The molecule has 0 radical (unpaired) electrons. The van der Waals surface area contributed by atoms with Gasteiger partial charge in [-0.1, -0.05) is 0 Å². The van der Waals surface area contributed by atoms with E-state index in [1.54, 1.807) is 28.4 Å². The van der Waals surface area contributed by atoms with Gasteiger partial charge in [-0.2, -0.15) is 0 Å². The van der Waals surface area contributed by atoms with E-state index in [9.17, 15) is 9.59 Å². The number of ether oxygens (including phenoxy) is 4. The minimum absolute atomic E-state index is 0.600. The van der Waals surface area contributed by atoms with E-state index in [0.717, 1.165) is 47.9 Å². The van der Waals surface area contributed by atoms with Crippen molar-refractivity contribution in [2.24, 2.45) is 0 Å². The van der Waals surface area contributed by atoms with E-state index < -0.39 is 0 Å². The number of carbonyl (C=O) groups excluding carboxylic acids is 2. The Labute approximate surface area is 195 Å². The molecule has 0 heterocycles. The van der Waals surface area contributed by atoms with Crippen LogP contribution in [0.1, 0.15) is 35.1 Å². The molecule has 0 unspecified atom stereocenters. The van der Waals surface area contributed by atoms with Crippen molar-refractivity contribution in [3.8, 4) is 23.0 Å². The van der Waals surface area contributed by atoms with E-state index in [-0.39, 0.29) is 0 Å². The molecule has 0 aliphatic rings. The van der Waals surface area contributed by atoms with Crippen LogP contribution in [0.3, 0.4) is 0 Å². The molecule has 8 heteroatoms. The van der Waals surface area contributed by atoms with Crippen molar-refractivity contribution in [1.29, 1.82) is 0 Å². The second kappa shape index (κ2) is 13.9. The lowest BCUT2D eigenvalue weighted by Crippen LogP contribution is -2.14. The highest BCUT2D eigenvalue weighted by atomic mass is 16.5. The third-order valence-corrected chi connectivity index (χ3v) is 5.49. The van der Waals surface area contributed by atoms with Crippen LogP contribution in [0.25, 0.3) is 0 Å². The van der Waals surface area contributed by atoms with Gasteiger partial charge in [0, 0.05) is 13.1 Å². The predicted octanol–water partition coefficient (Wildman–Crippen LogP) is 2.67. The molecule has 0 saturated carbocycles. The maximum atomic E-state index is 10.6. The van der Waals surface area contributed by atoms with E-state index in [1.807, 2.05) is 24.3 Å². The first-order chi connectivity index (χ1) is 16.1. The Morgan fingerprint density at radius 3 is 1.24 bits per heavy atom. The van der Waals surface area contributed by atoms with Crippen LogP contribution >= 0.6 is 0 Å². The Morgan fingerprint density at radius 1 is 0.606 bits per heavy atom. The molecular formula is C25H34N2O6. The van der Waals surface area contributed by atoms with Crippen LogP contribution in [0.2, 0.25) is 0 Å². The zero-order valence-electron chi connectivity index (χ0n) is 19.9. The number of aryl methyl sites for hydroxylation is 2. The molecule has 0 aliphatic heterocycles. The van der Waals surface area contributed by atoms with E-state index in [2.05, 4.69) is 10.6 Å². The molecule has 33 heavy (non-hydrogen) atoms. The van der Waals surface area contributed by atoms with Gasteiger partial charge in [-0.25, -0.2) is 0 Å². The Kier molecular flexibility index (Phi) is 10.9. The molecule has 0 spiro atoms. The summed E-state index contributed by atoms with van der Waals surface area (Å²) < 4.78 is 22.1. The summed E-state index contributed by atoms with van der Waals surface area (Å²) in [5.74, 6) is 2.68. The minimum Gasteiger partial charge on any atom is -0.493 e. The monoisotopic (exact) mass is 458 g/mol. The summed E-state index contributed by atoms with van der Waals surface area (Å²) in [5.41, 5.74) is 4.48. The zero-order chi connectivity index (χ0) is 24.1. The maximum absolute atomic E-state index is 10.6. The van der Waals surface area contributed by atoms with Gasteiger partial charge in [0.15, 0.2) is 23.0 Å². The molecule has 0 aliphatic carbocycles. The lowest BCUT2D eigenvalue weighted by molar-refractivity contribution is -0.110. The van der Waals surface area contributed by atoms with Crippen LogP contribution in [0, 0.1) is 0 Å². The van der Waals surface area contributed by atoms with E-state index >= 15 is 0 Å². The number of benzene rings is 2. The molecule has 2 amide bonds. The van der Waals surface area contributed by atoms with E-state index in [0.29, 0.717) is 55.3 Å². The summed E-state index contributed by atoms with van der Waals surface area (Å²) in [6, 6.07) is 8.03. The van der Waals surface area contributed by atoms with Crippen LogP contribution in [0.15, 0.2) is 24.3 Å². The number of carbonyl (C=O) groups is 2. The van der Waals surface area contributed by atoms with Gasteiger partial charge < -0.3 is 29.6 Å². The van der Waals surface area contributed by atoms with Crippen LogP contribution in [0.4, 0.5) is 0 Å². The molecule has 0 atom stereocenters. The quantitative estimate of drug-likeness (QED) is 0.297. The summed E-state index contributed by atoms with van der Waals surface area (Å²) in [5, 5.41) is 5.42. The molecule has 0 fully saturated rings. The van der Waals surface area contributed by atoms with Gasteiger partial charge in [0.2, 0.25) is 12.8 Å². The van der Waals surface area contributed by atoms with Crippen molar-refractivity contribution >= 4 is 12.8 Å². The van der Waals surface area contributed by atoms with Gasteiger partial charge in [0.05, 0.1) is 28.4 Å². The average Bonchev–Trinajstić information content (AvgIpc) is 2.85. The topological polar surface area (TPSA) is 95.1 Å². The molecule has 180 valence electrons. The summed E-state index contributed by atoms with van der Waals surface area (Å²) in [7, 11) is 6.48. The standard InChI is InChI=1S/C25H34N2O6/c1-30-22-12-18(7-5-9-26-16-28)20(14-24(22)32-3)11-21-15-25(33-4)23(31-2)13-19(21)8-6-10-27-17-29/h12-17H,5-11H2,1-4H3,(H,26,28)(H,27,29). The van der Waals surface area contributed by atoms with Crippen LogP contribution < -0.4 is 29.6 Å². The minimum atomic E-state index is 0.600. The van der Waals surface area contributed by atoms with Crippen molar-refractivity contribution in [2.75, 3.05) is 41.5 Å². The maximum Gasteiger partial charge on any atom is 0.207 e. The highest BCUT2D eigenvalue weighted by molar-refractivity contribution is 5.53. The molecule has 2 rings (SSSR count). The van der Waals surface area contributed by atoms with Crippen LogP contribution in [-0.2, 0) is 28.9 Å². The highest BCUT2D eigenvalue weighted by Crippen LogP contribution is 2.36. The number of methoxy groups -OCH3 is 4. The average molecular weight is 459 g/mol. The molecule has 2 aromatic rings. The zero-order valence-corrected chi connectivity index (χ0v) is 19.9. The van der Waals surface area contributed by atoms with E-state index in [4.69, 9.17) is 18.9 Å². The fourth-order valence-corrected chi connectivity index (χ4v) is 3.81. The fraction of sp³-hybridized carbons (Fsp3) is 0.440. The molecule has 0 bridgehead atoms. The summed E-state index contributed by atoms with van der Waals surface area (Å²) >= 11 is 0. The third kappa shape index (κ3) is 7.30. The third-order valence-electron chi connectivity index (χ3n) is 5.49. The lowest BCUT2D eigenvalue weighted by Gasteiger charge is -2.18. The first-order valence-electron chi connectivity index (χ1n) is 10.9. The molecule has 8 nitrogen and oxygen atoms in total. The Morgan fingerprint density at radius 2 is 0.939 bits per heavy atom. The smallest absolute Gasteiger partial charge is 0.207 e. The number of hydrogen-bond donors (Lipinski definition) is 2. The predicted molar refractivity (Wildman–Crippen MR) is 127 cm³/mol. The first kappa shape index (κ1) is 25.8. The number of amides is 2. The summed E-state index contributed by atoms with van der Waals surface area (Å²) in [6.07, 6.45) is 5.25. The highest BCUT2D eigenvalue weighted by Gasteiger charge is 2.16. The number of rotatable bonds is 16. The Bertz CT molecular complexity index is 843. The second-order valence-electron chi connectivity index (χ2n) is 7.48. The van der Waals surface area contributed by atoms with Crippen molar-refractivity contribution in [3.05, 3.63) is 46.5 Å². The molecule has 0 aromatic heterocycles.